The molecule has 4 aromatic heterocycles. The molecule has 0 amide bonds. The largest absolute Gasteiger partial charge is 0.479 e. The Morgan fingerprint density at radius 2 is 2.00 bits per heavy atom. The molecule has 0 aliphatic heterocycles. The molecule has 5 rings (SSSR count). The zero-order valence-corrected chi connectivity index (χ0v) is 20.5. The fourth-order valence-electron chi connectivity index (χ4n) is 4.92. The number of hydrogen-bond donors (Lipinski definition) is 1. The van der Waals surface area contributed by atoms with Crippen LogP contribution in [0, 0.1) is 13.8 Å². The Morgan fingerprint density at radius 3 is 2.73 bits per heavy atom. The molecule has 6 nitrogen and oxygen atoms in total. The van der Waals surface area contributed by atoms with Gasteiger partial charge in [0.05, 0.1) is 5.60 Å². The first-order chi connectivity index (χ1) is 15.6. The van der Waals surface area contributed by atoms with Gasteiger partial charge in [0, 0.05) is 51.2 Å². The van der Waals surface area contributed by atoms with E-state index < -0.39 is 17.7 Å². The van der Waals surface area contributed by atoms with Crippen molar-refractivity contribution < 1.29 is 14.6 Å². The molecule has 0 spiro atoms. The number of hydrogen-bond acceptors (Lipinski definition) is 5. The van der Waals surface area contributed by atoms with Crippen LogP contribution in [0.25, 0.3) is 27.0 Å². The summed E-state index contributed by atoms with van der Waals surface area (Å²) in [4.78, 5) is 24.3. The number of aryl methyl sites for hydroxylation is 4. The van der Waals surface area contributed by atoms with Crippen LogP contribution >= 0.6 is 11.3 Å². The van der Waals surface area contributed by atoms with E-state index in [-0.39, 0.29) is 0 Å². The summed E-state index contributed by atoms with van der Waals surface area (Å²) >= 11 is 1.76. The highest BCUT2D eigenvalue weighted by molar-refractivity contribution is 7.19. The lowest BCUT2D eigenvalue weighted by molar-refractivity contribution is -0.160. The highest BCUT2D eigenvalue weighted by atomic mass is 32.1. The molecule has 4 heterocycles. The molecule has 0 aromatic carbocycles. The molecule has 0 saturated heterocycles. The van der Waals surface area contributed by atoms with Crippen molar-refractivity contribution >= 4 is 33.2 Å². The first-order valence-electron chi connectivity index (χ1n) is 11.4. The van der Waals surface area contributed by atoms with Crippen molar-refractivity contribution in [1.82, 2.24) is 14.4 Å². The van der Waals surface area contributed by atoms with E-state index in [1.54, 1.807) is 17.5 Å². The Kier molecular flexibility index (Phi) is 5.29. The molecule has 0 radical (unpaired) electrons. The van der Waals surface area contributed by atoms with Crippen LogP contribution in [-0.2, 0) is 22.4 Å². The summed E-state index contributed by atoms with van der Waals surface area (Å²) in [7, 11) is 0. The minimum atomic E-state index is -1.12. The number of aromatic nitrogens is 3. The van der Waals surface area contributed by atoms with Gasteiger partial charge in [0.15, 0.2) is 6.10 Å². The van der Waals surface area contributed by atoms with Crippen molar-refractivity contribution in [3.8, 4) is 11.1 Å². The van der Waals surface area contributed by atoms with E-state index in [9.17, 15) is 9.90 Å². The van der Waals surface area contributed by atoms with Crippen molar-refractivity contribution in [2.24, 2.45) is 0 Å². The number of nitrogens with zero attached hydrogens (tertiary/aromatic N) is 3. The van der Waals surface area contributed by atoms with Gasteiger partial charge in [-0.1, -0.05) is 0 Å². The van der Waals surface area contributed by atoms with Crippen LogP contribution in [0.2, 0.25) is 0 Å². The number of imidazole rings is 1. The molecular weight excluding hydrogens is 434 g/mol. The SMILES string of the molecule is Cc1cc2nccn2cc1-c1c(C(OC(C)(C)C)C(=O)O)c(C)nc2sc3c(c12)CCCC3. The maximum absolute atomic E-state index is 12.6. The number of carboxylic acids is 1. The molecule has 1 atom stereocenters. The second kappa shape index (κ2) is 7.92. The average molecular weight is 464 g/mol. The summed E-state index contributed by atoms with van der Waals surface area (Å²) in [6.45, 7) is 9.64. The zero-order valence-electron chi connectivity index (χ0n) is 19.7. The molecule has 1 aliphatic rings. The average Bonchev–Trinajstić information content (AvgIpc) is 3.33. The minimum absolute atomic E-state index is 0.626. The van der Waals surface area contributed by atoms with Crippen LogP contribution in [0.3, 0.4) is 0 Å². The van der Waals surface area contributed by atoms with Crippen LogP contribution in [0.5, 0.6) is 0 Å². The number of carboxylic acid groups (broad SMARTS) is 1. The number of rotatable bonds is 4. The maximum Gasteiger partial charge on any atom is 0.337 e. The fraction of sp³-hybridized carbons (Fsp3) is 0.423. The summed E-state index contributed by atoms with van der Waals surface area (Å²) in [5.74, 6) is -0.999. The number of ether oxygens (including phenoxy) is 1. The molecule has 33 heavy (non-hydrogen) atoms. The molecule has 0 fully saturated rings. The van der Waals surface area contributed by atoms with Gasteiger partial charge in [-0.25, -0.2) is 14.8 Å². The van der Waals surface area contributed by atoms with Crippen molar-refractivity contribution in [2.45, 2.75) is 72.0 Å². The topological polar surface area (TPSA) is 76.7 Å². The highest BCUT2D eigenvalue weighted by Crippen LogP contribution is 2.46. The number of thiophene rings is 1. The van der Waals surface area contributed by atoms with Crippen LogP contribution in [0.15, 0.2) is 24.7 Å². The van der Waals surface area contributed by atoms with Crippen molar-refractivity contribution in [2.75, 3.05) is 0 Å². The molecule has 1 aliphatic carbocycles. The molecular formula is C26H29N3O3S. The van der Waals surface area contributed by atoms with Gasteiger partial charge in [-0.2, -0.15) is 0 Å². The van der Waals surface area contributed by atoms with Gasteiger partial charge in [-0.3, -0.25) is 0 Å². The summed E-state index contributed by atoms with van der Waals surface area (Å²) < 4.78 is 8.15. The Bertz CT molecular complexity index is 1390. The molecule has 1 N–H and O–H groups in total. The van der Waals surface area contributed by atoms with Gasteiger partial charge in [0.1, 0.15) is 10.5 Å². The summed E-state index contributed by atoms with van der Waals surface area (Å²) in [5.41, 5.74) is 5.93. The minimum Gasteiger partial charge on any atom is -0.479 e. The Morgan fingerprint density at radius 1 is 1.24 bits per heavy atom. The van der Waals surface area contributed by atoms with Crippen LogP contribution in [0.4, 0.5) is 0 Å². The second-order valence-corrected chi connectivity index (χ2v) is 11.0. The predicted octanol–water partition coefficient (Wildman–Crippen LogP) is 6.05. The normalized spacial score (nSPS) is 15.2. The van der Waals surface area contributed by atoms with Crippen molar-refractivity contribution in [1.29, 1.82) is 0 Å². The third-order valence-corrected chi connectivity index (χ3v) is 7.48. The third kappa shape index (κ3) is 3.83. The summed E-state index contributed by atoms with van der Waals surface area (Å²) in [6.07, 6.45) is 9.04. The smallest absolute Gasteiger partial charge is 0.337 e. The van der Waals surface area contributed by atoms with Gasteiger partial charge in [-0.05, 0) is 77.5 Å². The first-order valence-corrected chi connectivity index (χ1v) is 12.2. The summed E-state index contributed by atoms with van der Waals surface area (Å²) in [6, 6.07) is 2.06. The highest BCUT2D eigenvalue weighted by Gasteiger charge is 2.34. The van der Waals surface area contributed by atoms with Gasteiger partial charge < -0.3 is 14.2 Å². The lowest BCUT2D eigenvalue weighted by atomic mass is 9.87. The first kappa shape index (κ1) is 22.0. The standard InChI is InChI=1S/C26H29N3O3S/c1-14-12-19-27-10-11-29(19)13-17(14)21-20(23(25(30)31)32-26(3,4)5)15(2)28-24-22(21)16-8-6-7-9-18(16)33-24/h10-13,23H,6-9H2,1-5H3,(H,30,31). The van der Waals surface area contributed by atoms with Gasteiger partial charge in [0.25, 0.3) is 0 Å². The third-order valence-electron chi connectivity index (χ3n) is 6.30. The van der Waals surface area contributed by atoms with E-state index in [1.807, 2.05) is 38.3 Å². The van der Waals surface area contributed by atoms with Crippen LogP contribution in [-0.4, -0.2) is 31.0 Å². The second-order valence-electron chi connectivity index (χ2n) is 9.89. The molecule has 172 valence electrons. The zero-order chi connectivity index (χ0) is 23.5. The van der Waals surface area contributed by atoms with Gasteiger partial charge in [0.2, 0.25) is 0 Å². The van der Waals surface area contributed by atoms with E-state index >= 15 is 0 Å². The molecule has 0 saturated carbocycles. The number of aliphatic carboxylic acids is 1. The van der Waals surface area contributed by atoms with Gasteiger partial charge >= 0.3 is 5.97 Å². The quantitative estimate of drug-likeness (QED) is 0.399. The maximum atomic E-state index is 12.6. The molecule has 0 bridgehead atoms. The van der Waals surface area contributed by atoms with E-state index in [0.29, 0.717) is 11.3 Å². The lowest BCUT2D eigenvalue weighted by Crippen LogP contribution is -2.28. The molecule has 7 heteroatoms. The van der Waals surface area contributed by atoms with E-state index in [1.165, 1.54) is 16.9 Å². The number of pyridine rings is 2. The summed E-state index contributed by atoms with van der Waals surface area (Å²) in [5, 5.41) is 11.4. The Balaban J connectivity index is 1.91. The van der Waals surface area contributed by atoms with Gasteiger partial charge in [-0.15, -0.1) is 11.3 Å². The van der Waals surface area contributed by atoms with E-state index in [2.05, 4.69) is 24.2 Å². The van der Waals surface area contributed by atoms with E-state index in [0.717, 1.165) is 51.8 Å². The van der Waals surface area contributed by atoms with Crippen molar-refractivity contribution in [3.05, 3.63) is 51.9 Å². The predicted molar refractivity (Wildman–Crippen MR) is 131 cm³/mol. The molecule has 4 aromatic rings. The van der Waals surface area contributed by atoms with Crippen LogP contribution < -0.4 is 0 Å². The van der Waals surface area contributed by atoms with Crippen LogP contribution in [0.1, 0.15) is 67.0 Å². The monoisotopic (exact) mass is 463 g/mol. The van der Waals surface area contributed by atoms with E-state index in [4.69, 9.17) is 9.72 Å². The Hall–Kier alpha value is -2.77. The number of carbonyl (C=O) groups is 1. The van der Waals surface area contributed by atoms with Crippen molar-refractivity contribution in [3.63, 3.8) is 0 Å². The lowest BCUT2D eigenvalue weighted by Gasteiger charge is -2.28. The Labute approximate surface area is 197 Å². The number of fused-ring (bicyclic) bond motifs is 4. The fourth-order valence-corrected chi connectivity index (χ4v) is 6.24. The molecule has 1 unspecified atom stereocenters.